The zero-order chi connectivity index (χ0) is 17.9. The highest BCUT2D eigenvalue weighted by atomic mass is 16.6. The number of piperidine rings is 1. The van der Waals surface area contributed by atoms with Crippen LogP contribution in [0.3, 0.4) is 0 Å². The number of carbonyl (C=O) groups is 1. The third-order valence-electron chi connectivity index (χ3n) is 4.93. The summed E-state index contributed by atoms with van der Waals surface area (Å²) in [6.45, 7) is 8.93. The molecule has 0 spiro atoms. The maximum atomic E-state index is 12.2. The van der Waals surface area contributed by atoms with Gasteiger partial charge in [-0.1, -0.05) is 5.16 Å². The van der Waals surface area contributed by atoms with Gasteiger partial charge in [0.05, 0.1) is 0 Å². The third kappa shape index (κ3) is 4.97. The number of hydrogen-bond acceptors (Lipinski definition) is 5. The quantitative estimate of drug-likeness (QED) is 0.903. The van der Waals surface area contributed by atoms with Gasteiger partial charge in [-0.3, -0.25) is 0 Å². The van der Waals surface area contributed by atoms with E-state index >= 15 is 0 Å². The number of nitrogens with one attached hydrogen (secondary N) is 1. The van der Waals surface area contributed by atoms with Crippen LogP contribution < -0.4 is 5.32 Å². The number of ether oxygens (including phenoxy) is 1. The summed E-state index contributed by atoms with van der Waals surface area (Å²) in [5, 5.41) is 7.76. The van der Waals surface area contributed by atoms with E-state index in [4.69, 9.17) is 9.26 Å². The summed E-state index contributed by atoms with van der Waals surface area (Å²) < 4.78 is 11.0. The van der Waals surface area contributed by atoms with E-state index in [1.807, 2.05) is 25.7 Å². The van der Waals surface area contributed by atoms with Crippen molar-refractivity contribution in [1.82, 2.24) is 15.4 Å². The van der Waals surface area contributed by atoms with Gasteiger partial charge in [0.1, 0.15) is 17.1 Å². The van der Waals surface area contributed by atoms with E-state index in [2.05, 4.69) is 10.5 Å². The lowest BCUT2D eigenvalue weighted by Crippen LogP contribution is -2.45. The Hall–Kier alpha value is -1.56. The van der Waals surface area contributed by atoms with Gasteiger partial charge in [0, 0.05) is 38.2 Å². The van der Waals surface area contributed by atoms with Crippen LogP contribution in [0.2, 0.25) is 0 Å². The summed E-state index contributed by atoms with van der Waals surface area (Å²) in [6, 6.07) is 0. The van der Waals surface area contributed by atoms with Crippen molar-refractivity contribution >= 4 is 6.09 Å². The Morgan fingerprint density at radius 1 is 1.32 bits per heavy atom. The number of rotatable bonds is 4. The molecule has 6 heteroatoms. The predicted molar refractivity (Wildman–Crippen MR) is 95.4 cm³/mol. The monoisotopic (exact) mass is 349 g/mol. The minimum atomic E-state index is -0.436. The van der Waals surface area contributed by atoms with E-state index in [0.717, 1.165) is 63.3 Å². The van der Waals surface area contributed by atoms with E-state index in [0.29, 0.717) is 5.92 Å². The van der Waals surface area contributed by atoms with Crippen molar-refractivity contribution in [3.8, 4) is 0 Å². The van der Waals surface area contributed by atoms with Gasteiger partial charge < -0.3 is 19.5 Å². The minimum Gasteiger partial charge on any atom is -0.444 e. The molecule has 0 bridgehead atoms. The highest BCUT2D eigenvalue weighted by molar-refractivity contribution is 5.68. The number of amides is 1. The SMILES string of the molecule is CC(C)(C)OC(=O)N1CCC[C@H](CNCc2noc3c2CCCC3)C1. The molecule has 0 saturated carbocycles. The van der Waals surface area contributed by atoms with Crippen LogP contribution in [0.4, 0.5) is 4.79 Å². The molecule has 1 aliphatic carbocycles. The molecule has 2 heterocycles. The van der Waals surface area contributed by atoms with Crippen LogP contribution in [0.15, 0.2) is 4.52 Å². The minimum absolute atomic E-state index is 0.192. The van der Waals surface area contributed by atoms with Crippen molar-refractivity contribution in [3.05, 3.63) is 17.0 Å². The number of aromatic nitrogens is 1. The van der Waals surface area contributed by atoms with E-state index < -0.39 is 5.60 Å². The van der Waals surface area contributed by atoms with E-state index in [9.17, 15) is 4.79 Å². The molecule has 2 aliphatic rings. The number of aryl methyl sites for hydroxylation is 1. The Kier molecular flexibility index (Phi) is 5.67. The maximum absolute atomic E-state index is 12.2. The molecule has 1 amide bonds. The zero-order valence-corrected chi connectivity index (χ0v) is 15.8. The second-order valence-corrected chi connectivity index (χ2v) is 8.30. The second-order valence-electron chi connectivity index (χ2n) is 8.30. The molecule has 0 unspecified atom stereocenters. The molecule has 1 aromatic heterocycles. The Labute approximate surface area is 150 Å². The van der Waals surface area contributed by atoms with Gasteiger partial charge >= 0.3 is 6.09 Å². The Morgan fingerprint density at radius 2 is 2.12 bits per heavy atom. The van der Waals surface area contributed by atoms with Crippen molar-refractivity contribution in [2.45, 2.75) is 71.4 Å². The molecule has 1 aromatic rings. The fourth-order valence-corrected chi connectivity index (χ4v) is 3.71. The van der Waals surface area contributed by atoms with E-state index in [1.54, 1.807) is 0 Å². The van der Waals surface area contributed by atoms with E-state index in [1.165, 1.54) is 18.4 Å². The fraction of sp³-hybridized carbons (Fsp3) is 0.789. The van der Waals surface area contributed by atoms with Crippen molar-refractivity contribution in [2.24, 2.45) is 5.92 Å². The van der Waals surface area contributed by atoms with Gasteiger partial charge in [0.15, 0.2) is 0 Å². The van der Waals surface area contributed by atoms with Gasteiger partial charge in [-0.25, -0.2) is 4.79 Å². The molecule has 1 aliphatic heterocycles. The lowest BCUT2D eigenvalue weighted by molar-refractivity contribution is 0.0166. The van der Waals surface area contributed by atoms with Gasteiger partial charge in [0.2, 0.25) is 0 Å². The molecule has 1 N–H and O–H groups in total. The summed E-state index contributed by atoms with van der Waals surface area (Å²) in [4.78, 5) is 14.1. The lowest BCUT2D eigenvalue weighted by atomic mass is 9.96. The van der Waals surface area contributed by atoms with Crippen molar-refractivity contribution in [2.75, 3.05) is 19.6 Å². The number of likely N-dealkylation sites (tertiary alicyclic amines) is 1. The van der Waals surface area contributed by atoms with Gasteiger partial charge in [0.25, 0.3) is 0 Å². The van der Waals surface area contributed by atoms with Crippen LogP contribution in [0.25, 0.3) is 0 Å². The molecule has 25 heavy (non-hydrogen) atoms. The van der Waals surface area contributed by atoms with Crippen LogP contribution >= 0.6 is 0 Å². The molecule has 3 rings (SSSR count). The Morgan fingerprint density at radius 3 is 2.92 bits per heavy atom. The fourth-order valence-electron chi connectivity index (χ4n) is 3.71. The molecular formula is C19H31N3O3. The molecule has 0 aromatic carbocycles. The van der Waals surface area contributed by atoms with Crippen LogP contribution in [0.1, 0.15) is 63.5 Å². The van der Waals surface area contributed by atoms with Gasteiger partial charge in [-0.2, -0.15) is 0 Å². The molecule has 1 saturated heterocycles. The van der Waals surface area contributed by atoms with Crippen LogP contribution in [0.5, 0.6) is 0 Å². The first kappa shape index (κ1) is 18.2. The summed E-state index contributed by atoms with van der Waals surface area (Å²) in [5.41, 5.74) is 1.95. The number of fused-ring (bicyclic) bond motifs is 1. The molecule has 0 radical (unpaired) electrons. The normalized spacial score (nSPS) is 21.1. The maximum Gasteiger partial charge on any atom is 0.410 e. The molecule has 140 valence electrons. The number of nitrogens with zero attached hydrogens (tertiary/aromatic N) is 2. The lowest BCUT2D eigenvalue weighted by Gasteiger charge is -2.34. The van der Waals surface area contributed by atoms with Crippen molar-refractivity contribution in [1.29, 1.82) is 0 Å². The van der Waals surface area contributed by atoms with Crippen LogP contribution in [0, 0.1) is 5.92 Å². The summed E-state index contributed by atoms with van der Waals surface area (Å²) >= 11 is 0. The largest absolute Gasteiger partial charge is 0.444 e. The highest BCUT2D eigenvalue weighted by Crippen LogP contribution is 2.24. The van der Waals surface area contributed by atoms with E-state index in [-0.39, 0.29) is 6.09 Å². The van der Waals surface area contributed by atoms with Crippen molar-refractivity contribution in [3.63, 3.8) is 0 Å². The first-order chi connectivity index (χ1) is 11.9. The smallest absolute Gasteiger partial charge is 0.410 e. The van der Waals surface area contributed by atoms with Crippen molar-refractivity contribution < 1.29 is 14.1 Å². The average molecular weight is 349 g/mol. The topological polar surface area (TPSA) is 67.6 Å². The molecule has 1 fully saturated rings. The number of carbonyl (C=O) groups excluding carboxylic acids is 1. The number of hydrogen-bond donors (Lipinski definition) is 1. The standard InChI is InChI=1S/C19H31N3O3/c1-19(2,3)24-18(23)22-10-6-7-14(13-22)11-20-12-16-15-8-4-5-9-17(15)25-21-16/h14,20H,4-13H2,1-3H3/t14-/m1/s1. The highest BCUT2D eigenvalue weighted by Gasteiger charge is 2.27. The first-order valence-electron chi connectivity index (χ1n) is 9.57. The summed E-state index contributed by atoms with van der Waals surface area (Å²) in [5.74, 6) is 1.54. The Balaban J connectivity index is 1.45. The summed E-state index contributed by atoms with van der Waals surface area (Å²) in [7, 11) is 0. The second kappa shape index (κ2) is 7.77. The third-order valence-corrected chi connectivity index (χ3v) is 4.93. The van der Waals surface area contributed by atoms with Gasteiger partial charge in [-0.05, 0) is 58.8 Å². The molecular weight excluding hydrogens is 318 g/mol. The average Bonchev–Trinajstić information content (AvgIpc) is 2.97. The Bertz CT molecular complexity index is 591. The van der Waals surface area contributed by atoms with Crippen LogP contribution in [-0.2, 0) is 24.1 Å². The summed E-state index contributed by atoms with van der Waals surface area (Å²) in [6.07, 6.45) is 6.53. The van der Waals surface area contributed by atoms with Crippen LogP contribution in [-0.4, -0.2) is 41.4 Å². The predicted octanol–water partition coefficient (Wildman–Crippen LogP) is 3.29. The molecule has 6 nitrogen and oxygen atoms in total. The van der Waals surface area contributed by atoms with Gasteiger partial charge in [-0.15, -0.1) is 0 Å². The zero-order valence-electron chi connectivity index (χ0n) is 15.8. The molecule has 1 atom stereocenters. The first-order valence-corrected chi connectivity index (χ1v) is 9.57.